The van der Waals surface area contributed by atoms with E-state index in [1.165, 1.54) is 17.3 Å². The van der Waals surface area contributed by atoms with Crippen molar-refractivity contribution in [2.75, 3.05) is 0 Å². The predicted molar refractivity (Wildman–Crippen MR) is 94.1 cm³/mol. The van der Waals surface area contributed by atoms with E-state index in [0.29, 0.717) is 12.0 Å². The normalized spacial score (nSPS) is 15.7. The largest absolute Gasteiger partial charge is 0.352 e. The number of rotatable bonds is 6. The van der Waals surface area contributed by atoms with Gasteiger partial charge in [0.1, 0.15) is 0 Å². The Balaban J connectivity index is 1.72. The molecule has 3 rings (SSSR count). The van der Waals surface area contributed by atoms with Crippen molar-refractivity contribution in [1.29, 1.82) is 0 Å². The molecule has 1 aromatic carbocycles. The minimum Gasteiger partial charge on any atom is -0.352 e. The molecule has 23 heavy (non-hydrogen) atoms. The number of carbonyl (C=O) groups excluding carboxylic acids is 1. The molecule has 5 heteroatoms. The average molecular weight is 329 g/mol. The molecule has 2 aromatic rings. The van der Waals surface area contributed by atoms with Gasteiger partial charge >= 0.3 is 0 Å². The second-order valence-electron chi connectivity index (χ2n) is 6.37. The molecule has 1 amide bonds. The van der Waals surface area contributed by atoms with Crippen LogP contribution in [0.15, 0.2) is 41.8 Å². The lowest BCUT2D eigenvalue weighted by Gasteiger charge is -2.13. The third-order valence-corrected chi connectivity index (χ3v) is 5.10. The van der Waals surface area contributed by atoms with Crippen LogP contribution in [0.5, 0.6) is 0 Å². The minimum absolute atomic E-state index is 0.0993. The Labute approximate surface area is 141 Å². The molecule has 1 aliphatic carbocycles. The summed E-state index contributed by atoms with van der Waals surface area (Å²) in [6, 6.07) is 8.91. The molecule has 1 saturated carbocycles. The Morgan fingerprint density at radius 3 is 2.57 bits per heavy atom. The van der Waals surface area contributed by atoms with Gasteiger partial charge < -0.3 is 5.32 Å². The summed E-state index contributed by atoms with van der Waals surface area (Å²) in [5.74, 6) is 0.619. The lowest BCUT2D eigenvalue weighted by molar-refractivity contribution is -0.120. The molecule has 1 fully saturated rings. The number of imidazole rings is 1. The number of hydrogen-bond acceptors (Lipinski definition) is 3. The van der Waals surface area contributed by atoms with Gasteiger partial charge in [0, 0.05) is 24.1 Å². The Morgan fingerprint density at radius 2 is 1.96 bits per heavy atom. The zero-order chi connectivity index (χ0) is 16.4. The minimum atomic E-state index is -0.147. The third-order valence-electron chi connectivity index (χ3n) is 4.02. The van der Waals surface area contributed by atoms with Crippen molar-refractivity contribution >= 4 is 17.7 Å². The zero-order valence-electron chi connectivity index (χ0n) is 13.8. The van der Waals surface area contributed by atoms with E-state index in [-0.39, 0.29) is 11.2 Å². The van der Waals surface area contributed by atoms with Crippen LogP contribution >= 0.6 is 11.8 Å². The van der Waals surface area contributed by atoms with Crippen LogP contribution in [0, 0.1) is 0 Å². The third kappa shape index (κ3) is 3.96. The molecule has 4 nitrogen and oxygen atoms in total. The summed E-state index contributed by atoms with van der Waals surface area (Å²) in [5, 5.41) is 3.75. The number of nitrogens with zero attached hydrogens (tertiary/aromatic N) is 2. The standard InChI is InChI=1S/C18H23N3OS/c1-12(2)14-4-8-16(9-5-14)21-11-10-19-18(21)23-13(3)17(22)20-15-6-7-15/h4-5,8-13,15H,6-7H2,1-3H3,(H,20,22). The number of amides is 1. The smallest absolute Gasteiger partial charge is 0.233 e. The molecule has 1 heterocycles. The average Bonchev–Trinajstić information content (AvgIpc) is 3.23. The van der Waals surface area contributed by atoms with Gasteiger partial charge in [-0.05, 0) is 43.4 Å². The van der Waals surface area contributed by atoms with Crippen molar-refractivity contribution < 1.29 is 4.79 Å². The van der Waals surface area contributed by atoms with Crippen LogP contribution in [0.2, 0.25) is 0 Å². The monoisotopic (exact) mass is 329 g/mol. The Kier molecular flexibility index (Phi) is 4.76. The topological polar surface area (TPSA) is 46.9 Å². The maximum absolute atomic E-state index is 12.1. The van der Waals surface area contributed by atoms with Crippen LogP contribution in [-0.4, -0.2) is 26.8 Å². The van der Waals surface area contributed by atoms with Crippen LogP contribution in [-0.2, 0) is 4.79 Å². The zero-order valence-corrected chi connectivity index (χ0v) is 14.6. The summed E-state index contributed by atoms with van der Waals surface area (Å²) < 4.78 is 2.04. The van der Waals surface area contributed by atoms with Gasteiger partial charge in [-0.1, -0.05) is 37.7 Å². The van der Waals surface area contributed by atoms with Crippen molar-refractivity contribution in [1.82, 2.24) is 14.9 Å². The highest BCUT2D eigenvalue weighted by Gasteiger charge is 2.26. The Bertz CT molecular complexity index is 674. The van der Waals surface area contributed by atoms with Gasteiger partial charge in [-0.3, -0.25) is 9.36 Å². The van der Waals surface area contributed by atoms with Gasteiger partial charge in [0.2, 0.25) is 5.91 Å². The van der Waals surface area contributed by atoms with Crippen LogP contribution in [0.25, 0.3) is 5.69 Å². The van der Waals surface area contributed by atoms with E-state index < -0.39 is 0 Å². The summed E-state index contributed by atoms with van der Waals surface area (Å²) in [5.41, 5.74) is 2.39. The fraction of sp³-hybridized carbons (Fsp3) is 0.444. The number of nitrogens with one attached hydrogen (secondary N) is 1. The number of benzene rings is 1. The Morgan fingerprint density at radius 1 is 1.26 bits per heavy atom. The molecule has 0 radical (unpaired) electrons. The molecule has 1 atom stereocenters. The van der Waals surface area contributed by atoms with Crippen molar-refractivity contribution in [3.63, 3.8) is 0 Å². The van der Waals surface area contributed by atoms with E-state index in [4.69, 9.17) is 0 Å². The van der Waals surface area contributed by atoms with Crippen LogP contribution in [0.3, 0.4) is 0 Å². The number of aromatic nitrogens is 2. The van der Waals surface area contributed by atoms with Crippen LogP contribution in [0.1, 0.15) is 45.1 Å². The van der Waals surface area contributed by atoms with E-state index in [0.717, 1.165) is 23.7 Å². The fourth-order valence-corrected chi connectivity index (χ4v) is 3.24. The first-order valence-electron chi connectivity index (χ1n) is 8.15. The number of carbonyl (C=O) groups is 1. The van der Waals surface area contributed by atoms with Gasteiger partial charge in [0.15, 0.2) is 5.16 Å². The lowest BCUT2D eigenvalue weighted by atomic mass is 10.0. The van der Waals surface area contributed by atoms with Gasteiger partial charge in [0.05, 0.1) is 5.25 Å². The van der Waals surface area contributed by atoms with E-state index in [2.05, 4.69) is 48.4 Å². The van der Waals surface area contributed by atoms with E-state index in [9.17, 15) is 4.79 Å². The highest BCUT2D eigenvalue weighted by molar-refractivity contribution is 8.00. The molecular formula is C18H23N3OS. The molecule has 122 valence electrons. The molecule has 1 unspecified atom stereocenters. The van der Waals surface area contributed by atoms with Gasteiger partial charge in [-0.2, -0.15) is 0 Å². The second-order valence-corrected chi connectivity index (χ2v) is 7.68. The summed E-state index contributed by atoms with van der Waals surface area (Å²) in [4.78, 5) is 16.5. The summed E-state index contributed by atoms with van der Waals surface area (Å²) in [7, 11) is 0. The molecule has 0 spiro atoms. The first kappa shape index (κ1) is 16.1. The fourth-order valence-electron chi connectivity index (χ4n) is 2.35. The number of thioether (sulfide) groups is 1. The lowest BCUT2D eigenvalue weighted by Crippen LogP contribution is -2.32. The SMILES string of the molecule is CC(Sc1nccn1-c1ccc(C(C)C)cc1)C(=O)NC1CC1. The van der Waals surface area contributed by atoms with Gasteiger partial charge in [-0.25, -0.2) is 4.98 Å². The highest BCUT2D eigenvalue weighted by atomic mass is 32.2. The predicted octanol–water partition coefficient (Wildman–Crippen LogP) is 3.75. The second kappa shape index (κ2) is 6.79. The molecule has 1 aliphatic rings. The summed E-state index contributed by atoms with van der Waals surface area (Å²) in [6.45, 7) is 6.31. The first-order valence-corrected chi connectivity index (χ1v) is 9.03. The number of hydrogen-bond donors (Lipinski definition) is 1. The summed E-state index contributed by atoms with van der Waals surface area (Å²) in [6.07, 6.45) is 5.95. The molecule has 1 N–H and O–H groups in total. The molecule has 0 bridgehead atoms. The molecule has 0 saturated heterocycles. The van der Waals surface area contributed by atoms with E-state index >= 15 is 0 Å². The van der Waals surface area contributed by atoms with E-state index in [1.807, 2.05) is 17.7 Å². The first-order chi connectivity index (χ1) is 11.0. The Hall–Kier alpha value is -1.75. The van der Waals surface area contributed by atoms with E-state index in [1.54, 1.807) is 6.20 Å². The molecule has 1 aromatic heterocycles. The van der Waals surface area contributed by atoms with Gasteiger partial charge in [0.25, 0.3) is 0 Å². The maximum atomic E-state index is 12.1. The van der Waals surface area contributed by atoms with Crippen molar-refractivity contribution in [3.05, 3.63) is 42.2 Å². The van der Waals surface area contributed by atoms with Crippen molar-refractivity contribution in [2.45, 2.75) is 56.0 Å². The summed E-state index contributed by atoms with van der Waals surface area (Å²) >= 11 is 1.50. The quantitative estimate of drug-likeness (QED) is 0.821. The van der Waals surface area contributed by atoms with Crippen LogP contribution in [0.4, 0.5) is 0 Å². The van der Waals surface area contributed by atoms with Crippen molar-refractivity contribution in [2.24, 2.45) is 0 Å². The van der Waals surface area contributed by atoms with Crippen LogP contribution < -0.4 is 5.32 Å². The highest BCUT2D eigenvalue weighted by Crippen LogP contribution is 2.27. The molecular weight excluding hydrogens is 306 g/mol. The maximum Gasteiger partial charge on any atom is 0.233 e. The van der Waals surface area contributed by atoms with Crippen molar-refractivity contribution in [3.8, 4) is 5.69 Å². The van der Waals surface area contributed by atoms with Gasteiger partial charge in [-0.15, -0.1) is 0 Å². The molecule has 0 aliphatic heterocycles.